The van der Waals surface area contributed by atoms with E-state index in [1.54, 1.807) is 13.0 Å². The Morgan fingerprint density at radius 1 is 1.32 bits per heavy atom. The molecule has 1 unspecified atom stereocenters. The monoisotopic (exact) mass is 406 g/mol. The summed E-state index contributed by atoms with van der Waals surface area (Å²) in [6.45, 7) is 6.78. The largest absolute Gasteiger partial charge is 0.464 e. The van der Waals surface area contributed by atoms with Crippen LogP contribution >= 0.6 is 11.8 Å². The Bertz CT molecular complexity index is 849. The Hall–Kier alpha value is -2.35. The van der Waals surface area contributed by atoms with Crippen molar-refractivity contribution < 1.29 is 23.5 Å². The van der Waals surface area contributed by atoms with Gasteiger partial charge in [0.2, 0.25) is 0 Å². The van der Waals surface area contributed by atoms with Gasteiger partial charge in [0.15, 0.2) is 0 Å². The van der Waals surface area contributed by atoms with Crippen molar-refractivity contribution in [1.82, 2.24) is 4.90 Å². The first-order valence-corrected chi connectivity index (χ1v) is 10.1. The predicted molar refractivity (Wildman–Crippen MR) is 106 cm³/mol. The molecule has 2 fully saturated rings. The summed E-state index contributed by atoms with van der Waals surface area (Å²) < 4.78 is 19.5. The van der Waals surface area contributed by atoms with Gasteiger partial charge in [-0.05, 0) is 74.7 Å². The molecular weight excluding hydrogens is 383 g/mol. The fourth-order valence-electron chi connectivity index (χ4n) is 3.36. The van der Waals surface area contributed by atoms with Crippen molar-refractivity contribution in [2.24, 2.45) is 0 Å². The van der Waals surface area contributed by atoms with Crippen LogP contribution in [-0.2, 0) is 14.3 Å². The van der Waals surface area contributed by atoms with Gasteiger partial charge in [-0.15, -0.1) is 0 Å². The fourth-order valence-corrected chi connectivity index (χ4v) is 4.26. The maximum atomic E-state index is 14.6. The average Bonchev–Trinajstić information content (AvgIpc) is 3.26. The predicted octanol–water partition coefficient (Wildman–Crippen LogP) is 3.72. The van der Waals surface area contributed by atoms with E-state index < -0.39 is 23.2 Å². The summed E-state index contributed by atoms with van der Waals surface area (Å²) in [6, 6.07) is 2.16. The van der Waals surface area contributed by atoms with Gasteiger partial charge < -0.3 is 9.64 Å². The Morgan fingerprint density at radius 3 is 2.64 bits per heavy atom. The van der Waals surface area contributed by atoms with Crippen molar-refractivity contribution in [3.63, 3.8) is 0 Å². The minimum Gasteiger partial charge on any atom is -0.464 e. The molecule has 150 valence electrons. The highest BCUT2D eigenvalue weighted by atomic mass is 32.2. The van der Waals surface area contributed by atoms with Crippen LogP contribution in [0.2, 0.25) is 0 Å². The molecule has 0 N–H and O–H groups in total. The lowest BCUT2D eigenvalue weighted by Gasteiger charge is -2.20. The van der Waals surface area contributed by atoms with E-state index >= 15 is 0 Å². The SMILES string of the molecule is CCOC(=O)C(C)N1C(=O)SC(=Cc2cc(F)c(N3CCCC3)cc2C)C1=O. The summed E-state index contributed by atoms with van der Waals surface area (Å²) in [7, 11) is 0. The van der Waals surface area contributed by atoms with Crippen LogP contribution in [0.4, 0.5) is 14.9 Å². The van der Waals surface area contributed by atoms with E-state index in [0.717, 1.165) is 48.2 Å². The minimum absolute atomic E-state index is 0.164. The number of thioether (sulfide) groups is 1. The third-order valence-corrected chi connectivity index (χ3v) is 5.79. The zero-order valence-electron chi connectivity index (χ0n) is 16.2. The summed E-state index contributed by atoms with van der Waals surface area (Å²) in [5, 5.41) is -0.538. The number of imide groups is 1. The number of nitrogens with zero attached hydrogens (tertiary/aromatic N) is 2. The second-order valence-electron chi connectivity index (χ2n) is 6.83. The third kappa shape index (κ3) is 3.92. The Kier molecular flexibility index (Phi) is 6.07. The van der Waals surface area contributed by atoms with Gasteiger partial charge >= 0.3 is 5.97 Å². The van der Waals surface area contributed by atoms with E-state index in [1.807, 2.05) is 11.8 Å². The number of hydrogen-bond acceptors (Lipinski definition) is 6. The van der Waals surface area contributed by atoms with Crippen LogP contribution in [0.1, 0.15) is 37.8 Å². The quantitative estimate of drug-likeness (QED) is 0.548. The number of aryl methyl sites for hydroxylation is 1. The highest BCUT2D eigenvalue weighted by Crippen LogP contribution is 2.35. The lowest BCUT2D eigenvalue weighted by atomic mass is 10.1. The van der Waals surface area contributed by atoms with Crippen LogP contribution in [0.5, 0.6) is 0 Å². The van der Waals surface area contributed by atoms with Crippen molar-refractivity contribution in [2.45, 2.75) is 39.7 Å². The standard InChI is InChI=1S/C20H23FN2O4S/c1-4-27-19(25)13(3)23-18(24)17(28-20(23)26)11-14-10-15(21)16(9-12(14)2)22-7-5-6-8-22/h9-11,13H,4-8H2,1-3H3. The summed E-state index contributed by atoms with van der Waals surface area (Å²) in [5.74, 6) is -1.56. The van der Waals surface area contributed by atoms with Gasteiger partial charge in [-0.1, -0.05) is 0 Å². The normalized spacial score (nSPS) is 19.6. The van der Waals surface area contributed by atoms with E-state index in [0.29, 0.717) is 11.3 Å². The molecule has 1 atom stereocenters. The van der Waals surface area contributed by atoms with Gasteiger partial charge in [0.1, 0.15) is 11.9 Å². The maximum Gasteiger partial charge on any atom is 0.329 e. The molecule has 1 aromatic carbocycles. The molecule has 2 saturated heterocycles. The van der Waals surface area contributed by atoms with Gasteiger partial charge in [-0.25, -0.2) is 9.18 Å². The number of rotatable bonds is 5. The topological polar surface area (TPSA) is 66.9 Å². The molecule has 28 heavy (non-hydrogen) atoms. The average molecular weight is 406 g/mol. The number of esters is 1. The molecule has 2 heterocycles. The zero-order valence-corrected chi connectivity index (χ0v) is 17.0. The molecule has 8 heteroatoms. The van der Waals surface area contributed by atoms with Crippen molar-refractivity contribution in [1.29, 1.82) is 0 Å². The second-order valence-corrected chi connectivity index (χ2v) is 7.83. The first-order chi connectivity index (χ1) is 13.3. The summed E-state index contributed by atoms with van der Waals surface area (Å²) in [4.78, 5) is 39.9. The molecule has 6 nitrogen and oxygen atoms in total. The molecule has 0 aliphatic carbocycles. The molecule has 0 saturated carbocycles. The van der Waals surface area contributed by atoms with Gasteiger partial charge in [-0.3, -0.25) is 14.5 Å². The maximum absolute atomic E-state index is 14.6. The lowest BCUT2D eigenvalue weighted by Crippen LogP contribution is -2.42. The minimum atomic E-state index is -1.01. The molecule has 3 rings (SSSR count). The van der Waals surface area contributed by atoms with Crippen LogP contribution in [0.3, 0.4) is 0 Å². The van der Waals surface area contributed by atoms with E-state index in [4.69, 9.17) is 4.74 Å². The molecule has 2 amide bonds. The number of benzene rings is 1. The molecule has 2 aliphatic rings. The van der Waals surface area contributed by atoms with Crippen molar-refractivity contribution in [3.05, 3.63) is 34.0 Å². The summed E-state index contributed by atoms with van der Waals surface area (Å²) >= 11 is 0.742. The van der Waals surface area contributed by atoms with Crippen LogP contribution in [0, 0.1) is 12.7 Å². The third-order valence-electron chi connectivity index (χ3n) is 4.91. The number of amides is 2. The van der Waals surface area contributed by atoms with E-state index in [1.165, 1.54) is 19.1 Å². The molecular formula is C20H23FN2O4S. The van der Waals surface area contributed by atoms with Crippen LogP contribution in [0.15, 0.2) is 17.0 Å². The molecule has 0 spiro atoms. The molecule has 0 aromatic heterocycles. The second kappa shape index (κ2) is 8.34. The molecule has 0 radical (unpaired) electrons. The number of carbonyl (C=O) groups excluding carboxylic acids is 3. The van der Waals surface area contributed by atoms with E-state index in [-0.39, 0.29) is 17.3 Å². The Balaban J connectivity index is 1.85. The number of anilines is 1. The first-order valence-electron chi connectivity index (χ1n) is 9.32. The van der Waals surface area contributed by atoms with Crippen LogP contribution < -0.4 is 4.90 Å². The van der Waals surface area contributed by atoms with Gasteiger partial charge in [0.25, 0.3) is 11.1 Å². The smallest absolute Gasteiger partial charge is 0.329 e. The van der Waals surface area contributed by atoms with Crippen molar-refractivity contribution in [2.75, 3.05) is 24.6 Å². The van der Waals surface area contributed by atoms with Gasteiger partial charge in [0.05, 0.1) is 17.2 Å². The first kappa shape index (κ1) is 20.4. The number of hydrogen-bond donors (Lipinski definition) is 0. The number of carbonyl (C=O) groups is 3. The van der Waals surface area contributed by atoms with Crippen LogP contribution in [0.25, 0.3) is 6.08 Å². The van der Waals surface area contributed by atoms with Crippen molar-refractivity contribution in [3.8, 4) is 0 Å². The van der Waals surface area contributed by atoms with Crippen molar-refractivity contribution >= 4 is 40.6 Å². The lowest BCUT2D eigenvalue weighted by molar-refractivity contribution is -0.150. The Labute approximate surface area is 167 Å². The number of halogens is 1. The fraction of sp³-hybridized carbons (Fsp3) is 0.450. The highest BCUT2D eigenvalue weighted by molar-refractivity contribution is 8.18. The summed E-state index contributed by atoms with van der Waals surface area (Å²) in [5.41, 5.74) is 1.92. The van der Waals surface area contributed by atoms with E-state index in [2.05, 4.69) is 0 Å². The van der Waals surface area contributed by atoms with Gasteiger partial charge in [0, 0.05) is 13.1 Å². The Morgan fingerprint density at radius 2 is 2.00 bits per heavy atom. The molecule has 2 aliphatic heterocycles. The highest BCUT2D eigenvalue weighted by Gasteiger charge is 2.41. The molecule has 1 aromatic rings. The van der Waals surface area contributed by atoms with Crippen LogP contribution in [-0.4, -0.2) is 47.8 Å². The number of ether oxygens (including phenoxy) is 1. The van der Waals surface area contributed by atoms with Gasteiger partial charge in [-0.2, -0.15) is 0 Å². The zero-order chi connectivity index (χ0) is 20.4. The van der Waals surface area contributed by atoms with E-state index in [9.17, 15) is 18.8 Å². The molecule has 0 bridgehead atoms. The summed E-state index contributed by atoms with van der Waals surface area (Å²) in [6.07, 6.45) is 3.60.